The number of aryl methyl sites for hydroxylation is 1. The fourth-order valence-corrected chi connectivity index (χ4v) is 3.36. The summed E-state index contributed by atoms with van der Waals surface area (Å²) >= 11 is 0. The van der Waals surface area contributed by atoms with E-state index in [2.05, 4.69) is 10.3 Å². The molecule has 2 amide bonds. The van der Waals surface area contributed by atoms with Crippen molar-refractivity contribution >= 4 is 11.7 Å². The second-order valence-corrected chi connectivity index (χ2v) is 7.18. The highest BCUT2D eigenvalue weighted by atomic mass is 16.5. The van der Waals surface area contributed by atoms with Crippen molar-refractivity contribution in [1.29, 1.82) is 0 Å². The molecule has 0 aliphatic carbocycles. The molecule has 0 atom stereocenters. The van der Waals surface area contributed by atoms with Crippen molar-refractivity contribution < 1.29 is 14.3 Å². The number of rotatable bonds is 11. The molecule has 164 valence electrons. The van der Waals surface area contributed by atoms with Crippen molar-refractivity contribution in [2.45, 2.75) is 33.0 Å². The number of nitrogens with zero attached hydrogens (tertiary/aromatic N) is 3. The Morgan fingerprint density at radius 3 is 2.84 bits per heavy atom. The summed E-state index contributed by atoms with van der Waals surface area (Å²) in [5.41, 5.74) is 2.74. The van der Waals surface area contributed by atoms with Crippen molar-refractivity contribution in [1.82, 2.24) is 14.5 Å². The number of aromatic nitrogens is 2. The van der Waals surface area contributed by atoms with E-state index in [1.54, 1.807) is 19.6 Å². The molecular formula is C24H30N4O3. The summed E-state index contributed by atoms with van der Waals surface area (Å²) < 4.78 is 13.0. The number of ether oxygens (including phenoxy) is 2. The zero-order valence-electron chi connectivity index (χ0n) is 18.2. The summed E-state index contributed by atoms with van der Waals surface area (Å²) in [6.45, 7) is 4.89. The van der Waals surface area contributed by atoms with Crippen LogP contribution in [0, 0.1) is 0 Å². The molecule has 1 heterocycles. The van der Waals surface area contributed by atoms with Crippen LogP contribution in [0.3, 0.4) is 0 Å². The van der Waals surface area contributed by atoms with Crippen LogP contribution in [-0.4, -0.2) is 40.7 Å². The molecule has 0 spiro atoms. The average Bonchev–Trinajstić information content (AvgIpc) is 3.28. The Hall–Kier alpha value is -3.32. The van der Waals surface area contributed by atoms with Crippen molar-refractivity contribution in [2.75, 3.05) is 25.6 Å². The Morgan fingerprint density at radius 1 is 1.19 bits per heavy atom. The van der Waals surface area contributed by atoms with Crippen molar-refractivity contribution in [2.24, 2.45) is 0 Å². The first-order chi connectivity index (χ1) is 15.2. The Morgan fingerprint density at radius 2 is 2.06 bits per heavy atom. The van der Waals surface area contributed by atoms with Gasteiger partial charge in [0.2, 0.25) is 0 Å². The van der Waals surface area contributed by atoms with Gasteiger partial charge in [0.1, 0.15) is 5.75 Å². The van der Waals surface area contributed by atoms with Gasteiger partial charge in [-0.15, -0.1) is 0 Å². The third-order valence-corrected chi connectivity index (χ3v) is 4.81. The van der Waals surface area contributed by atoms with E-state index in [9.17, 15) is 4.79 Å². The van der Waals surface area contributed by atoms with Crippen molar-refractivity contribution in [3.05, 3.63) is 78.4 Å². The van der Waals surface area contributed by atoms with Crippen molar-refractivity contribution in [3.8, 4) is 5.75 Å². The summed E-state index contributed by atoms with van der Waals surface area (Å²) in [5, 5.41) is 3.03. The summed E-state index contributed by atoms with van der Waals surface area (Å²) in [6, 6.07) is 15.4. The number of nitrogens with one attached hydrogen (secondary N) is 1. The largest absolute Gasteiger partial charge is 0.494 e. The number of urea groups is 1. The maximum absolute atomic E-state index is 13.2. The molecule has 1 aromatic heterocycles. The van der Waals surface area contributed by atoms with E-state index in [-0.39, 0.29) is 6.03 Å². The van der Waals surface area contributed by atoms with Gasteiger partial charge in [0.05, 0.1) is 26.1 Å². The van der Waals surface area contributed by atoms with Gasteiger partial charge in [-0.2, -0.15) is 0 Å². The number of hydrogen-bond donors (Lipinski definition) is 1. The highest BCUT2D eigenvalue weighted by Gasteiger charge is 2.16. The first kappa shape index (κ1) is 22.4. The second-order valence-electron chi connectivity index (χ2n) is 7.18. The molecule has 31 heavy (non-hydrogen) atoms. The van der Waals surface area contributed by atoms with Crippen LogP contribution in [0.4, 0.5) is 10.5 Å². The molecule has 0 unspecified atom stereocenters. The average molecular weight is 423 g/mol. The molecule has 0 fully saturated rings. The van der Waals surface area contributed by atoms with Gasteiger partial charge in [-0.3, -0.25) is 0 Å². The zero-order valence-corrected chi connectivity index (χ0v) is 18.2. The Kier molecular flexibility index (Phi) is 8.48. The van der Waals surface area contributed by atoms with Gasteiger partial charge in [0.15, 0.2) is 0 Å². The summed E-state index contributed by atoms with van der Waals surface area (Å²) in [4.78, 5) is 19.1. The highest BCUT2D eigenvalue weighted by Crippen LogP contribution is 2.21. The minimum atomic E-state index is -0.147. The predicted molar refractivity (Wildman–Crippen MR) is 121 cm³/mol. The van der Waals surface area contributed by atoms with Gasteiger partial charge in [0.25, 0.3) is 0 Å². The lowest BCUT2D eigenvalue weighted by Gasteiger charge is -2.24. The third kappa shape index (κ3) is 6.86. The molecule has 0 radical (unpaired) electrons. The van der Waals surface area contributed by atoms with E-state index in [1.165, 1.54) is 0 Å². The molecule has 0 saturated carbocycles. The second kappa shape index (κ2) is 11.8. The van der Waals surface area contributed by atoms with Gasteiger partial charge < -0.3 is 24.3 Å². The summed E-state index contributed by atoms with van der Waals surface area (Å²) in [6.07, 6.45) is 6.28. The predicted octanol–water partition coefficient (Wildman–Crippen LogP) is 4.55. The lowest BCUT2D eigenvalue weighted by Crippen LogP contribution is -2.35. The molecule has 3 rings (SSSR count). The molecule has 7 heteroatoms. The van der Waals surface area contributed by atoms with Gasteiger partial charge in [0, 0.05) is 43.8 Å². The SMILES string of the molecule is CCOc1ccccc1CN(CCCn1ccnc1)C(=O)Nc1cccc(COC)c1. The van der Waals surface area contributed by atoms with Gasteiger partial charge >= 0.3 is 6.03 Å². The molecule has 0 saturated heterocycles. The molecule has 7 nitrogen and oxygen atoms in total. The van der Waals surface area contributed by atoms with Gasteiger partial charge in [-0.05, 0) is 37.1 Å². The summed E-state index contributed by atoms with van der Waals surface area (Å²) in [5.74, 6) is 0.805. The van der Waals surface area contributed by atoms with E-state index in [4.69, 9.17) is 9.47 Å². The minimum Gasteiger partial charge on any atom is -0.494 e. The number of imidazole rings is 1. The lowest BCUT2D eigenvalue weighted by atomic mass is 10.2. The minimum absolute atomic E-state index is 0.147. The van der Waals surface area contributed by atoms with E-state index in [0.29, 0.717) is 26.3 Å². The number of para-hydroxylation sites is 1. The Labute approximate surface area is 183 Å². The highest BCUT2D eigenvalue weighted by molar-refractivity contribution is 5.89. The van der Waals surface area contributed by atoms with Crippen LogP contribution >= 0.6 is 0 Å². The Balaban J connectivity index is 1.72. The molecule has 2 aromatic carbocycles. The van der Waals surface area contributed by atoms with Crippen LogP contribution < -0.4 is 10.1 Å². The number of hydrogen-bond acceptors (Lipinski definition) is 4. The molecular weight excluding hydrogens is 392 g/mol. The first-order valence-corrected chi connectivity index (χ1v) is 10.5. The monoisotopic (exact) mass is 422 g/mol. The normalized spacial score (nSPS) is 10.6. The van der Waals surface area contributed by atoms with Crippen LogP contribution in [0.15, 0.2) is 67.3 Å². The zero-order chi connectivity index (χ0) is 21.9. The number of amides is 2. The summed E-state index contributed by atoms with van der Waals surface area (Å²) in [7, 11) is 1.66. The maximum Gasteiger partial charge on any atom is 0.322 e. The van der Waals surface area contributed by atoms with Crippen LogP contribution in [0.2, 0.25) is 0 Å². The number of carbonyl (C=O) groups excluding carboxylic acids is 1. The van der Waals surface area contributed by atoms with E-state index < -0.39 is 0 Å². The number of benzene rings is 2. The van der Waals surface area contributed by atoms with E-state index >= 15 is 0 Å². The third-order valence-electron chi connectivity index (χ3n) is 4.81. The van der Waals surface area contributed by atoms with E-state index in [1.807, 2.05) is 71.1 Å². The van der Waals surface area contributed by atoms with Gasteiger partial charge in [-0.1, -0.05) is 30.3 Å². The molecule has 3 aromatic rings. The quantitative estimate of drug-likeness (QED) is 0.492. The lowest BCUT2D eigenvalue weighted by molar-refractivity contribution is 0.185. The number of anilines is 1. The van der Waals surface area contributed by atoms with Crippen LogP contribution in [0.1, 0.15) is 24.5 Å². The van der Waals surface area contributed by atoms with E-state index in [0.717, 1.165) is 35.5 Å². The van der Waals surface area contributed by atoms with Crippen LogP contribution in [-0.2, 0) is 24.4 Å². The topological polar surface area (TPSA) is 68.6 Å². The smallest absolute Gasteiger partial charge is 0.322 e. The molecule has 0 aliphatic heterocycles. The van der Waals surface area contributed by atoms with Crippen molar-refractivity contribution in [3.63, 3.8) is 0 Å². The fourth-order valence-electron chi connectivity index (χ4n) is 3.36. The number of carbonyl (C=O) groups is 1. The van der Waals surface area contributed by atoms with Gasteiger partial charge in [-0.25, -0.2) is 9.78 Å². The maximum atomic E-state index is 13.2. The fraction of sp³-hybridized carbons (Fsp3) is 0.333. The first-order valence-electron chi connectivity index (χ1n) is 10.5. The Bertz CT molecular complexity index is 944. The number of methoxy groups -OCH3 is 1. The van der Waals surface area contributed by atoms with Crippen LogP contribution in [0.25, 0.3) is 0 Å². The molecule has 1 N–H and O–H groups in total. The molecule has 0 aliphatic rings. The molecule has 0 bridgehead atoms. The standard InChI is InChI=1S/C24H30N4O3/c1-3-31-23-11-5-4-9-21(23)17-28(14-7-13-27-15-12-25-19-27)24(29)26-22-10-6-8-20(16-22)18-30-2/h4-6,8-12,15-16,19H,3,7,13-14,17-18H2,1-2H3,(H,26,29). The van der Waals surface area contributed by atoms with Crippen LogP contribution in [0.5, 0.6) is 5.75 Å².